The summed E-state index contributed by atoms with van der Waals surface area (Å²) in [4.78, 5) is 31.2. The number of amides is 2. The Morgan fingerprint density at radius 1 is 1.33 bits per heavy atom. The highest BCUT2D eigenvalue weighted by Gasteiger charge is 2.28. The molecule has 2 amide bonds. The van der Waals surface area contributed by atoms with Crippen LogP contribution in [-0.2, 0) is 13.1 Å². The van der Waals surface area contributed by atoms with E-state index < -0.39 is 0 Å². The molecule has 2 aromatic heterocycles. The minimum absolute atomic E-state index is 0.120. The van der Waals surface area contributed by atoms with E-state index in [4.69, 9.17) is 4.74 Å². The molecule has 1 aliphatic heterocycles. The van der Waals surface area contributed by atoms with E-state index >= 15 is 0 Å². The van der Waals surface area contributed by atoms with Crippen LogP contribution in [0.5, 0.6) is 5.88 Å². The number of ether oxygens (including phenoxy) is 1. The van der Waals surface area contributed by atoms with Crippen LogP contribution in [0.25, 0.3) is 0 Å². The molecule has 8 nitrogen and oxygen atoms in total. The van der Waals surface area contributed by atoms with Gasteiger partial charge in [0.15, 0.2) is 5.69 Å². The average Bonchev–Trinajstić information content (AvgIpc) is 3.43. The van der Waals surface area contributed by atoms with E-state index in [9.17, 15) is 9.59 Å². The van der Waals surface area contributed by atoms with Gasteiger partial charge in [-0.05, 0) is 44.4 Å². The Morgan fingerprint density at radius 3 is 2.96 bits per heavy atom. The van der Waals surface area contributed by atoms with Gasteiger partial charge in [-0.15, -0.1) is 0 Å². The molecule has 0 unspecified atom stereocenters. The van der Waals surface area contributed by atoms with Gasteiger partial charge in [-0.2, -0.15) is 5.10 Å². The molecule has 0 saturated heterocycles. The SMILES string of the molecule is CCOc1ncccc1C(=O)N1CCCn2nc(C(=O)NC3CC3)cc2C1. The average molecular weight is 369 g/mol. The van der Waals surface area contributed by atoms with E-state index in [0.717, 1.165) is 25.0 Å². The zero-order chi connectivity index (χ0) is 18.8. The van der Waals surface area contributed by atoms with Crippen molar-refractivity contribution in [1.82, 2.24) is 25.0 Å². The molecule has 0 spiro atoms. The molecule has 3 heterocycles. The van der Waals surface area contributed by atoms with E-state index in [1.165, 1.54) is 0 Å². The number of nitrogens with one attached hydrogen (secondary N) is 1. The highest BCUT2D eigenvalue weighted by Crippen LogP contribution is 2.22. The zero-order valence-corrected chi connectivity index (χ0v) is 15.4. The van der Waals surface area contributed by atoms with Gasteiger partial charge in [0.05, 0.1) is 18.8 Å². The summed E-state index contributed by atoms with van der Waals surface area (Å²) in [6.07, 6.45) is 4.46. The fourth-order valence-corrected chi connectivity index (χ4v) is 3.21. The first-order chi connectivity index (χ1) is 13.2. The summed E-state index contributed by atoms with van der Waals surface area (Å²) in [7, 11) is 0. The van der Waals surface area contributed by atoms with Crippen molar-refractivity contribution in [2.45, 2.75) is 45.3 Å². The second kappa shape index (κ2) is 7.38. The van der Waals surface area contributed by atoms with Gasteiger partial charge in [0.25, 0.3) is 11.8 Å². The number of aryl methyl sites for hydroxylation is 1. The number of pyridine rings is 1. The molecule has 8 heteroatoms. The highest BCUT2D eigenvalue weighted by molar-refractivity contribution is 5.96. The molecule has 1 fully saturated rings. The molecule has 142 valence electrons. The maximum Gasteiger partial charge on any atom is 0.272 e. The lowest BCUT2D eigenvalue weighted by Crippen LogP contribution is -2.31. The number of hydrogen-bond acceptors (Lipinski definition) is 5. The lowest BCUT2D eigenvalue weighted by molar-refractivity contribution is 0.0740. The van der Waals surface area contributed by atoms with Crippen LogP contribution in [0.3, 0.4) is 0 Å². The molecule has 1 aliphatic carbocycles. The smallest absolute Gasteiger partial charge is 0.272 e. The van der Waals surface area contributed by atoms with Gasteiger partial charge < -0.3 is 15.0 Å². The van der Waals surface area contributed by atoms with Crippen molar-refractivity contribution in [3.05, 3.63) is 41.3 Å². The summed E-state index contributed by atoms with van der Waals surface area (Å²) >= 11 is 0. The Hall–Kier alpha value is -2.90. The topological polar surface area (TPSA) is 89.3 Å². The monoisotopic (exact) mass is 369 g/mol. The number of aromatic nitrogens is 3. The van der Waals surface area contributed by atoms with Crippen molar-refractivity contribution in [3.8, 4) is 5.88 Å². The molecule has 1 N–H and O–H groups in total. The fraction of sp³-hybridized carbons (Fsp3) is 0.474. The third-order valence-corrected chi connectivity index (χ3v) is 4.73. The molecule has 2 aliphatic rings. The van der Waals surface area contributed by atoms with Crippen molar-refractivity contribution in [3.63, 3.8) is 0 Å². The molecule has 4 rings (SSSR count). The molecule has 27 heavy (non-hydrogen) atoms. The van der Waals surface area contributed by atoms with Crippen LogP contribution in [0.4, 0.5) is 0 Å². The van der Waals surface area contributed by atoms with Crippen LogP contribution in [0.15, 0.2) is 24.4 Å². The number of carbonyl (C=O) groups excluding carboxylic acids is 2. The standard InChI is InChI=1S/C19H23N5O3/c1-2-27-18-15(5-3-8-20-18)19(26)23-9-4-10-24-14(12-23)11-16(22-24)17(25)21-13-6-7-13/h3,5,8,11,13H,2,4,6-7,9-10,12H2,1H3,(H,21,25). The number of nitrogens with zero attached hydrogens (tertiary/aromatic N) is 4. The predicted molar refractivity (Wildman–Crippen MR) is 97.5 cm³/mol. The van der Waals surface area contributed by atoms with Crippen LogP contribution in [0.2, 0.25) is 0 Å². The third-order valence-electron chi connectivity index (χ3n) is 4.73. The summed E-state index contributed by atoms with van der Waals surface area (Å²) < 4.78 is 7.33. The molecule has 0 radical (unpaired) electrons. The summed E-state index contributed by atoms with van der Waals surface area (Å²) in [6, 6.07) is 5.55. The summed E-state index contributed by atoms with van der Waals surface area (Å²) in [5.41, 5.74) is 1.74. The van der Waals surface area contributed by atoms with Gasteiger partial charge in [-0.1, -0.05) is 0 Å². The van der Waals surface area contributed by atoms with Crippen molar-refractivity contribution in [2.24, 2.45) is 0 Å². The van der Waals surface area contributed by atoms with Crippen LogP contribution >= 0.6 is 0 Å². The van der Waals surface area contributed by atoms with Crippen molar-refractivity contribution in [2.75, 3.05) is 13.2 Å². The second-order valence-electron chi connectivity index (χ2n) is 6.86. The Morgan fingerprint density at radius 2 is 2.19 bits per heavy atom. The lowest BCUT2D eigenvalue weighted by Gasteiger charge is -2.21. The minimum atomic E-state index is -0.137. The quantitative estimate of drug-likeness (QED) is 0.865. The Bertz CT molecular complexity index is 859. The van der Waals surface area contributed by atoms with E-state index in [1.54, 1.807) is 29.3 Å². The van der Waals surface area contributed by atoms with Crippen molar-refractivity contribution >= 4 is 11.8 Å². The van der Waals surface area contributed by atoms with Crippen LogP contribution in [0, 0.1) is 0 Å². The fourth-order valence-electron chi connectivity index (χ4n) is 3.21. The zero-order valence-electron chi connectivity index (χ0n) is 15.4. The molecule has 0 aromatic carbocycles. The van der Waals surface area contributed by atoms with Gasteiger partial charge in [0.2, 0.25) is 5.88 Å². The van der Waals surface area contributed by atoms with Gasteiger partial charge in [0.1, 0.15) is 5.56 Å². The third kappa shape index (κ3) is 3.79. The predicted octanol–water partition coefficient (Wildman–Crippen LogP) is 1.62. The first-order valence-electron chi connectivity index (χ1n) is 9.40. The van der Waals surface area contributed by atoms with Crippen LogP contribution < -0.4 is 10.1 Å². The first kappa shape index (κ1) is 17.5. The maximum atomic E-state index is 13.0. The van der Waals surface area contributed by atoms with E-state index in [1.807, 2.05) is 11.6 Å². The van der Waals surface area contributed by atoms with Gasteiger partial charge in [-0.25, -0.2) is 4.98 Å². The van der Waals surface area contributed by atoms with Crippen LogP contribution in [-0.4, -0.2) is 50.7 Å². The molecule has 0 atom stereocenters. The Labute approximate surface area is 157 Å². The van der Waals surface area contributed by atoms with E-state index in [2.05, 4.69) is 15.4 Å². The number of carbonyl (C=O) groups is 2. The number of hydrogen-bond donors (Lipinski definition) is 1. The minimum Gasteiger partial charge on any atom is -0.477 e. The molecule has 0 bridgehead atoms. The van der Waals surface area contributed by atoms with E-state index in [-0.39, 0.29) is 11.8 Å². The van der Waals surface area contributed by atoms with Crippen molar-refractivity contribution in [1.29, 1.82) is 0 Å². The molecular formula is C19H23N5O3. The largest absolute Gasteiger partial charge is 0.477 e. The molecule has 1 saturated carbocycles. The number of fused-ring (bicyclic) bond motifs is 1. The normalized spacial score (nSPS) is 16.4. The summed E-state index contributed by atoms with van der Waals surface area (Å²) in [5.74, 6) is 0.0966. The Kier molecular flexibility index (Phi) is 4.79. The van der Waals surface area contributed by atoms with E-state index in [0.29, 0.717) is 49.4 Å². The van der Waals surface area contributed by atoms with Crippen LogP contribution in [0.1, 0.15) is 52.7 Å². The van der Waals surface area contributed by atoms with Gasteiger partial charge in [-0.3, -0.25) is 14.3 Å². The first-order valence-corrected chi connectivity index (χ1v) is 9.40. The van der Waals surface area contributed by atoms with Gasteiger partial charge in [0, 0.05) is 25.3 Å². The maximum absolute atomic E-state index is 13.0. The summed E-state index contributed by atoms with van der Waals surface area (Å²) in [6.45, 7) is 4.02. The number of rotatable bonds is 5. The molecular weight excluding hydrogens is 346 g/mol. The Balaban J connectivity index is 1.53. The van der Waals surface area contributed by atoms with Gasteiger partial charge >= 0.3 is 0 Å². The highest BCUT2D eigenvalue weighted by atomic mass is 16.5. The summed E-state index contributed by atoms with van der Waals surface area (Å²) in [5, 5.41) is 7.39. The van der Waals surface area contributed by atoms with Crippen molar-refractivity contribution < 1.29 is 14.3 Å². The lowest BCUT2D eigenvalue weighted by atomic mass is 10.2. The molecule has 2 aromatic rings. The second-order valence-corrected chi connectivity index (χ2v) is 6.86.